The summed E-state index contributed by atoms with van der Waals surface area (Å²) in [6.07, 6.45) is 0. The van der Waals surface area contributed by atoms with Crippen molar-refractivity contribution >= 4 is 26.0 Å². The third-order valence-corrected chi connectivity index (χ3v) is 8.67. The van der Waals surface area contributed by atoms with E-state index in [1.54, 1.807) is 11.8 Å². The van der Waals surface area contributed by atoms with Crippen LogP contribution in [0.2, 0.25) is 0 Å². The van der Waals surface area contributed by atoms with Gasteiger partial charge in [-0.1, -0.05) is 0 Å². The molecule has 0 atom stereocenters. The van der Waals surface area contributed by atoms with E-state index in [9.17, 15) is 21.6 Å². The molecule has 30 heavy (non-hydrogen) atoms. The van der Waals surface area contributed by atoms with Crippen molar-refractivity contribution in [3.05, 3.63) is 24.3 Å². The molecule has 2 saturated heterocycles. The molecule has 0 aromatic heterocycles. The summed E-state index contributed by atoms with van der Waals surface area (Å²) in [6.45, 7) is 6.26. The quantitative estimate of drug-likeness (QED) is 0.563. The fraction of sp³-hybridized carbons (Fsp3) is 0.611. The monoisotopic (exact) mass is 460 g/mol. The molecular formula is C18H28N4O6S2. The summed E-state index contributed by atoms with van der Waals surface area (Å²) in [6, 6.07) is 5.25. The Morgan fingerprint density at radius 3 is 2.07 bits per heavy atom. The molecule has 0 spiro atoms. The number of ether oxygens (including phenoxy) is 1. The van der Waals surface area contributed by atoms with E-state index in [2.05, 4.69) is 9.62 Å². The number of nitrogens with one attached hydrogen (secondary N) is 1. The summed E-state index contributed by atoms with van der Waals surface area (Å²) in [5.74, 6) is 0.0504. The molecule has 0 saturated carbocycles. The lowest BCUT2D eigenvalue weighted by atomic mass is 10.3. The molecule has 12 heteroatoms. The van der Waals surface area contributed by atoms with E-state index in [-0.39, 0.29) is 35.3 Å². The number of hydrogen-bond donors (Lipinski definition) is 1. The van der Waals surface area contributed by atoms with Crippen LogP contribution in [-0.2, 0) is 29.6 Å². The van der Waals surface area contributed by atoms with Crippen LogP contribution in [0.3, 0.4) is 0 Å². The first-order valence-corrected chi connectivity index (χ1v) is 12.8. The topological polar surface area (TPSA) is 116 Å². The molecule has 2 aliphatic heterocycles. The molecule has 1 amide bonds. The standard InChI is InChI=1S/C18H28N4O6S2/c1-16(23)21-10-8-20(9-11-21)7-6-19-29(24,25)17-2-4-18(5-3-17)30(26,27)22-12-14-28-15-13-22/h2-5,19H,6-15H2,1H3. The van der Waals surface area contributed by atoms with E-state index in [0.29, 0.717) is 45.9 Å². The highest BCUT2D eigenvalue weighted by atomic mass is 32.2. The van der Waals surface area contributed by atoms with Crippen molar-refractivity contribution in [3.63, 3.8) is 0 Å². The molecule has 0 aliphatic carbocycles. The number of sulfonamides is 2. The van der Waals surface area contributed by atoms with Gasteiger partial charge in [0.15, 0.2) is 0 Å². The smallest absolute Gasteiger partial charge is 0.243 e. The van der Waals surface area contributed by atoms with Gasteiger partial charge in [-0.05, 0) is 24.3 Å². The first-order chi connectivity index (χ1) is 14.2. The molecule has 0 radical (unpaired) electrons. The Bertz CT molecular complexity index is 935. The fourth-order valence-electron chi connectivity index (χ4n) is 3.43. The van der Waals surface area contributed by atoms with Crippen LogP contribution in [-0.4, -0.2) is 102 Å². The summed E-state index contributed by atoms with van der Waals surface area (Å²) >= 11 is 0. The van der Waals surface area contributed by atoms with E-state index < -0.39 is 20.0 Å². The zero-order valence-electron chi connectivity index (χ0n) is 17.0. The van der Waals surface area contributed by atoms with Crippen LogP contribution in [0.25, 0.3) is 0 Å². The molecular weight excluding hydrogens is 432 g/mol. The number of morpholine rings is 1. The van der Waals surface area contributed by atoms with Crippen molar-refractivity contribution < 1.29 is 26.4 Å². The number of nitrogens with zero attached hydrogens (tertiary/aromatic N) is 3. The summed E-state index contributed by atoms with van der Waals surface area (Å²) in [5, 5.41) is 0. The Hall–Kier alpha value is -1.57. The molecule has 10 nitrogen and oxygen atoms in total. The van der Waals surface area contributed by atoms with Crippen LogP contribution in [0.4, 0.5) is 0 Å². The number of carbonyl (C=O) groups is 1. The summed E-state index contributed by atoms with van der Waals surface area (Å²) in [5.41, 5.74) is 0. The van der Waals surface area contributed by atoms with Gasteiger partial charge in [0.1, 0.15) is 0 Å². The second kappa shape index (κ2) is 9.71. The van der Waals surface area contributed by atoms with Gasteiger partial charge in [0, 0.05) is 59.3 Å². The maximum atomic E-state index is 12.6. The second-order valence-corrected chi connectivity index (χ2v) is 10.9. The van der Waals surface area contributed by atoms with E-state index >= 15 is 0 Å². The van der Waals surface area contributed by atoms with Gasteiger partial charge in [0.2, 0.25) is 26.0 Å². The molecule has 2 aliphatic rings. The molecule has 1 N–H and O–H groups in total. The van der Waals surface area contributed by atoms with Crippen molar-refractivity contribution in [2.24, 2.45) is 0 Å². The van der Waals surface area contributed by atoms with Crippen molar-refractivity contribution in [2.75, 3.05) is 65.6 Å². The Labute approximate surface area is 177 Å². The first-order valence-electron chi connectivity index (χ1n) is 9.86. The predicted molar refractivity (Wildman–Crippen MR) is 110 cm³/mol. The SMILES string of the molecule is CC(=O)N1CCN(CCNS(=O)(=O)c2ccc(S(=O)(=O)N3CCOCC3)cc2)CC1. The lowest BCUT2D eigenvalue weighted by Crippen LogP contribution is -2.49. The van der Waals surface area contributed by atoms with Gasteiger partial charge < -0.3 is 9.64 Å². The summed E-state index contributed by atoms with van der Waals surface area (Å²) < 4.78 is 59.4. The maximum absolute atomic E-state index is 12.6. The minimum Gasteiger partial charge on any atom is -0.379 e. The molecule has 0 bridgehead atoms. The summed E-state index contributed by atoms with van der Waals surface area (Å²) in [7, 11) is -7.41. The lowest BCUT2D eigenvalue weighted by molar-refractivity contribution is -0.130. The number of rotatable bonds is 7. The van der Waals surface area contributed by atoms with Crippen molar-refractivity contribution in [1.82, 2.24) is 18.8 Å². The Kier molecular flexibility index (Phi) is 7.47. The largest absolute Gasteiger partial charge is 0.379 e. The van der Waals surface area contributed by atoms with Crippen LogP contribution < -0.4 is 4.72 Å². The molecule has 0 unspecified atom stereocenters. The highest BCUT2D eigenvalue weighted by Gasteiger charge is 2.27. The lowest BCUT2D eigenvalue weighted by Gasteiger charge is -2.34. The zero-order chi connectivity index (χ0) is 21.8. The Morgan fingerprint density at radius 1 is 0.933 bits per heavy atom. The van der Waals surface area contributed by atoms with Crippen LogP contribution in [0.1, 0.15) is 6.92 Å². The van der Waals surface area contributed by atoms with E-state index in [0.717, 1.165) is 0 Å². The fourth-order valence-corrected chi connectivity index (χ4v) is 5.86. The molecule has 2 fully saturated rings. The van der Waals surface area contributed by atoms with Crippen LogP contribution in [0, 0.1) is 0 Å². The van der Waals surface area contributed by atoms with E-state index in [1.807, 2.05) is 0 Å². The van der Waals surface area contributed by atoms with Gasteiger partial charge in [-0.15, -0.1) is 0 Å². The first kappa shape index (κ1) is 23.1. The number of benzene rings is 1. The van der Waals surface area contributed by atoms with Crippen molar-refractivity contribution in [3.8, 4) is 0 Å². The number of amides is 1. The Morgan fingerprint density at radius 2 is 1.50 bits per heavy atom. The minimum atomic E-state index is -3.74. The molecule has 1 aromatic rings. The van der Waals surface area contributed by atoms with Crippen LogP contribution in [0.5, 0.6) is 0 Å². The number of piperazine rings is 1. The second-order valence-electron chi connectivity index (χ2n) is 7.23. The normalized spacial score (nSPS) is 19.7. The van der Waals surface area contributed by atoms with Gasteiger partial charge in [-0.25, -0.2) is 21.6 Å². The van der Waals surface area contributed by atoms with Crippen LogP contribution in [0.15, 0.2) is 34.1 Å². The van der Waals surface area contributed by atoms with E-state index in [4.69, 9.17) is 4.74 Å². The molecule has 2 heterocycles. The number of hydrogen-bond acceptors (Lipinski definition) is 7. The average molecular weight is 461 g/mol. The predicted octanol–water partition coefficient (Wildman–Crippen LogP) is -0.850. The number of carbonyl (C=O) groups excluding carboxylic acids is 1. The van der Waals surface area contributed by atoms with Gasteiger partial charge in [-0.2, -0.15) is 4.31 Å². The minimum absolute atomic E-state index is 0.0184. The third-order valence-electron chi connectivity index (χ3n) is 5.28. The maximum Gasteiger partial charge on any atom is 0.243 e. The average Bonchev–Trinajstić information content (AvgIpc) is 2.75. The third kappa shape index (κ3) is 5.56. The van der Waals surface area contributed by atoms with Gasteiger partial charge in [0.25, 0.3) is 0 Å². The molecule has 1 aromatic carbocycles. The van der Waals surface area contributed by atoms with Gasteiger partial charge >= 0.3 is 0 Å². The van der Waals surface area contributed by atoms with Gasteiger partial charge in [0.05, 0.1) is 23.0 Å². The highest BCUT2D eigenvalue weighted by molar-refractivity contribution is 7.89. The highest BCUT2D eigenvalue weighted by Crippen LogP contribution is 2.19. The van der Waals surface area contributed by atoms with E-state index in [1.165, 1.54) is 28.6 Å². The van der Waals surface area contributed by atoms with Crippen LogP contribution >= 0.6 is 0 Å². The summed E-state index contributed by atoms with van der Waals surface area (Å²) in [4.78, 5) is 15.3. The molecule has 3 rings (SSSR count). The Balaban J connectivity index is 1.54. The zero-order valence-corrected chi connectivity index (χ0v) is 18.6. The molecule has 168 valence electrons. The van der Waals surface area contributed by atoms with Crippen molar-refractivity contribution in [1.29, 1.82) is 0 Å². The van der Waals surface area contributed by atoms with Gasteiger partial charge in [-0.3, -0.25) is 9.69 Å². The van der Waals surface area contributed by atoms with Crippen molar-refractivity contribution in [2.45, 2.75) is 16.7 Å².